The summed E-state index contributed by atoms with van der Waals surface area (Å²) in [6, 6.07) is 13.8. The number of hydrogen-bond acceptors (Lipinski definition) is 2. The first-order valence-electron chi connectivity index (χ1n) is 8.76. The van der Waals surface area contributed by atoms with E-state index in [1.54, 1.807) is 7.11 Å². The summed E-state index contributed by atoms with van der Waals surface area (Å²) in [6.07, 6.45) is 2.34. The molecule has 1 atom stereocenters. The fraction of sp³-hybridized carbons (Fsp3) is 0.286. The minimum Gasteiger partial charge on any atom is -0.496 e. The third-order valence-corrected chi connectivity index (χ3v) is 5.53. The molecule has 0 aliphatic heterocycles. The van der Waals surface area contributed by atoms with Gasteiger partial charge in [0.25, 0.3) is 0 Å². The Morgan fingerprint density at radius 1 is 1.27 bits per heavy atom. The smallest absolute Gasteiger partial charge is 0.311 e. The molecule has 1 unspecified atom stereocenters. The maximum absolute atomic E-state index is 11.9. The molecule has 26 heavy (non-hydrogen) atoms. The number of methoxy groups -OCH3 is 1. The van der Waals surface area contributed by atoms with Crippen LogP contribution in [0.5, 0.6) is 5.75 Å². The van der Waals surface area contributed by atoms with Crippen molar-refractivity contribution in [1.29, 1.82) is 0 Å². The fourth-order valence-corrected chi connectivity index (χ4v) is 4.38. The Labute approximate surface area is 157 Å². The molecule has 4 rings (SSSR count). The van der Waals surface area contributed by atoms with Crippen LogP contribution in [0.3, 0.4) is 0 Å². The molecule has 0 radical (unpaired) electrons. The summed E-state index contributed by atoms with van der Waals surface area (Å²) in [6.45, 7) is 0.659. The van der Waals surface area contributed by atoms with E-state index >= 15 is 0 Å². The van der Waals surface area contributed by atoms with Crippen molar-refractivity contribution in [1.82, 2.24) is 4.57 Å². The van der Waals surface area contributed by atoms with E-state index in [1.165, 1.54) is 0 Å². The predicted molar refractivity (Wildman–Crippen MR) is 102 cm³/mol. The first-order chi connectivity index (χ1) is 12.6. The third kappa shape index (κ3) is 2.65. The third-order valence-electron chi connectivity index (χ3n) is 5.22. The molecule has 4 nitrogen and oxygen atoms in total. The highest BCUT2D eigenvalue weighted by atomic mass is 35.5. The molecule has 1 aliphatic rings. The standard InChI is InChI=1S/C21H20ClNO3/c1-26-17-11-10-15(22)20-19(17)18-14(21(24)25)8-5-9-16(18)23(20)12-13-6-3-2-4-7-13/h2-4,6-7,10-11,14H,5,8-9,12H2,1H3,(H,24,25). The van der Waals surface area contributed by atoms with Crippen LogP contribution in [-0.2, 0) is 17.8 Å². The Hall–Kier alpha value is -2.46. The van der Waals surface area contributed by atoms with Gasteiger partial charge in [-0.15, -0.1) is 0 Å². The van der Waals surface area contributed by atoms with E-state index < -0.39 is 11.9 Å². The van der Waals surface area contributed by atoms with Gasteiger partial charge in [0.15, 0.2) is 0 Å². The van der Waals surface area contributed by atoms with Gasteiger partial charge >= 0.3 is 5.97 Å². The van der Waals surface area contributed by atoms with Crippen molar-refractivity contribution >= 4 is 28.5 Å². The average molecular weight is 370 g/mol. The van der Waals surface area contributed by atoms with Gasteiger partial charge < -0.3 is 14.4 Å². The van der Waals surface area contributed by atoms with Crippen molar-refractivity contribution in [2.75, 3.05) is 7.11 Å². The molecule has 1 heterocycles. The second-order valence-electron chi connectivity index (χ2n) is 6.69. The van der Waals surface area contributed by atoms with Gasteiger partial charge in [0.05, 0.1) is 23.6 Å². The molecule has 134 valence electrons. The molecule has 1 aliphatic carbocycles. The first-order valence-corrected chi connectivity index (χ1v) is 9.13. The normalized spacial score (nSPS) is 16.5. The van der Waals surface area contributed by atoms with Crippen LogP contribution in [-0.4, -0.2) is 22.8 Å². The largest absolute Gasteiger partial charge is 0.496 e. The van der Waals surface area contributed by atoms with Gasteiger partial charge in [0.2, 0.25) is 0 Å². The van der Waals surface area contributed by atoms with Crippen molar-refractivity contribution in [2.45, 2.75) is 31.7 Å². The van der Waals surface area contributed by atoms with Crippen LogP contribution < -0.4 is 4.74 Å². The molecule has 1 N–H and O–H groups in total. The summed E-state index contributed by atoms with van der Waals surface area (Å²) >= 11 is 6.58. The average Bonchev–Trinajstić information content (AvgIpc) is 2.98. The Balaban J connectivity index is 2.04. The SMILES string of the molecule is COc1ccc(Cl)c2c1c1c(n2Cc2ccccc2)CCCC1C(=O)O. The topological polar surface area (TPSA) is 51.5 Å². The summed E-state index contributed by atoms with van der Waals surface area (Å²) < 4.78 is 7.76. The van der Waals surface area contributed by atoms with Crippen LogP contribution >= 0.6 is 11.6 Å². The number of carbonyl (C=O) groups is 1. The number of carboxylic acids is 1. The molecule has 0 saturated carbocycles. The number of nitrogens with zero attached hydrogens (tertiary/aromatic N) is 1. The zero-order chi connectivity index (χ0) is 18.3. The lowest BCUT2D eigenvalue weighted by Gasteiger charge is -2.21. The van der Waals surface area contributed by atoms with Gasteiger partial charge in [0.1, 0.15) is 5.75 Å². The van der Waals surface area contributed by atoms with Gasteiger partial charge in [-0.25, -0.2) is 0 Å². The van der Waals surface area contributed by atoms with E-state index in [0.717, 1.165) is 40.6 Å². The van der Waals surface area contributed by atoms with E-state index in [0.29, 0.717) is 23.7 Å². The lowest BCUT2D eigenvalue weighted by Crippen LogP contribution is -2.19. The molecule has 2 aromatic carbocycles. The van der Waals surface area contributed by atoms with Crippen LogP contribution in [0.25, 0.3) is 10.9 Å². The molecule has 5 heteroatoms. The Kier molecular flexibility index (Phi) is 4.37. The van der Waals surface area contributed by atoms with Crippen LogP contribution in [0, 0.1) is 0 Å². The van der Waals surface area contributed by atoms with Crippen molar-refractivity contribution in [3.05, 3.63) is 64.3 Å². The number of benzene rings is 2. The number of ether oxygens (including phenoxy) is 1. The summed E-state index contributed by atoms with van der Waals surface area (Å²) in [5.74, 6) is -0.627. The van der Waals surface area contributed by atoms with Crippen LogP contribution in [0.2, 0.25) is 5.02 Å². The van der Waals surface area contributed by atoms with Crippen LogP contribution in [0.1, 0.15) is 35.6 Å². The first kappa shape index (κ1) is 17.0. The van der Waals surface area contributed by atoms with Gasteiger partial charge in [-0.2, -0.15) is 0 Å². The molecule has 0 spiro atoms. The van der Waals surface area contributed by atoms with E-state index in [-0.39, 0.29) is 0 Å². The Bertz CT molecular complexity index is 978. The highest BCUT2D eigenvalue weighted by molar-refractivity contribution is 6.35. The van der Waals surface area contributed by atoms with E-state index in [1.807, 2.05) is 30.3 Å². The molecular formula is C21H20ClNO3. The molecule has 0 bridgehead atoms. The molecule has 0 fully saturated rings. The number of carboxylic acid groups (broad SMARTS) is 1. The molecule has 0 saturated heterocycles. The van der Waals surface area contributed by atoms with E-state index in [9.17, 15) is 9.90 Å². The number of rotatable bonds is 4. The van der Waals surface area contributed by atoms with Gasteiger partial charge in [-0.3, -0.25) is 4.79 Å². The van der Waals surface area contributed by atoms with Crippen molar-refractivity contribution in [3.8, 4) is 5.75 Å². The zero-order valence-corrected chi connectivity index (χ0v) is 15.3. The number of hydrogen-bond donors (Lipinski definition) is 1. The number of aromatic nitrogens is 1. The van der Waals surface area contributed by atoms with E-state index in [2.05, 4.69) is 16.7 Å². The zero-order valence-electron chi connectivity index (χ0n) is 14.5. The fourth-order valence-electron chi connectivity index (χ4n) is 4.12. The second kappa shape index (κ2) is 6.69. The summed E-state index contributed by atoms with van der Waals surface area (Å²) in [5, 5.41) is 11.3. The minimum atomic E-state index is -0.785. The maximum Gasteiger partial charge on any atom is 0.311 e. The second-order valence-corrected chi connectivity index (χ2v) is 7.10. The molecule has 3 aromatic rings. The monoisotopic (exact) mass is 369 g/mol. The molecule has 0 amide bonds. The number of aliphatic carboxylic acids is 1. The quantitative estimate of drug-likeness (QED) is 0.714. The van der Waals surface area contributed by atoms with Crippen LogP contribution in [0.15, 0.2) is 42.5 Å². The van der Waals surface area contributed by atoms with Crippen molar-refractivity contribution in [3.63, 3.8) is 0 Å². The molecule has 1 aromatic heterocycles. The van der Waals surface area contributed by atoms with Gasteiger partial charge in [-0.1, -0.05) is 41.9 Å². The minimum absolute atomic E-state index is 0.523. The number of fused-ring (bicyclic) bond motifs is 3. The highest BCUT2D eigenvalue weighted by Gasteiger charge is 2.34. The highest BCUT2D eigenvalue weighted by Crippen LogP contribution is 2.45. The van der Waals surface area contributed by atoms with Crippen molar-refractivity contribution in [2.24, 2.45) is 0 Å². The lowest BCUT2D eigenvalue weighted by molar-refractivity contribution is -0.139. The van der Waals surface area contributed by atoms with E-state index in [4.69, 9.17) is 16.3 Å². The van der Waals surface area contributed by atoms with Crippen LogP contribution in [0.4, 0.5) is 0 Å². The van der Waals surface area contributed by atoms with Gasteiger partial charge in [-0.05, 0) is 42.5 Å². The maximum atomic E-state index is 11.9. The Morgan fingerprint density at radius 2 is 2.04 bits per heavy atom. The molecular weight excluding hydrogens is 350 g/mol. The summed E-state index contributed by atoms with van der Waals surface area (Å²) in [7, 11) is 1.61. The Morgan fingerprint density at radius 3 is 2.73 bits per heavy atom. The van der Waals surface area contributed by atoms with Gasteiger partial charge in [0, 0.05) is 17.6 Å². The summed E-state index contributed by atoms with van der Waals surface area (Å²) in [5.41, 5.74) is 3.96. The van der Waals surface area contributed by atoms with Crippen molar-refractivity contribution < 1.29 is 14.6 Å². The lowest BCUT2D eigenvalue weighted by atomic mass is 9.85. The predicted octanol–water partition coefficient (Wildman–Crippen LogP) is 4.86. The number of halogens is 1. The summed E-state index contributed by atoms with van der Waals surface area (Å²) in [4.78, 5) is 11.9.